The van der Waals surface area contributed by atoms with Crippen LogP contribution in [0.3, 0.4) is 0 Å². The molecule has 1 N–H and O–H groups in total. The van der Waals surface area contributed by atoms with Crippen LogP contribution in [0.25, 0.3) is 0 Å². The fourth-order valence-electron chi connectivity index (χ4n) is 2.38. The Balaban J connectivity index is 2.23. The van der Waals surface area contributed by atoms with E-state index in [2.05, 4.69) is 38.1 Å². The van der Waals surface area contributed by atoms with E-state index in [1.54, 1.807) is 24.3 Å². The molecule has 0 aliphatic carbocycles. The number of nitrogens with one attached hydrogen (secondary N) is 1. The molecular formula is C19H26ClN3O. The van der Waals surface area contributed by atoms with Crippen LogP contribution in [0.4, 0.5) is 5.69 Å². The number of hydrogen-bond acceptors (Lipinski definition) is 2. The van der Waals surface area contributed by atoms with Crippen LogP contribution in [0.2, 0.25) is 5.02 Å². The Hall–Kier alpha value is -1.81. The fourth-order valence-corrected chi connectivity index (χ4v) is 2.50. The molecule has 0 unspecified atom stereocenters. The highest BCUT2D eigenvalue weighted by Crippen LogP contribution is 2.23. The highest BCUT2D eigenvalue weighted by molar-refractivity contribution is 6.30. The van der Waals surface area contributed by atoms with Crippen molar-refractivity contribution in [3.05, 3.63) is 46.7 Å². The van der Waals surface area contributed by atoms with Crippen molar-refractivity contribution in [1.29, 1.82) is 0 Å². The van der Waals surface area contributed by atoms with Gasteiger partial charge in [0.15, 0.2) is 0 Å². The minimum Gasteiger partial charge on any atom is -0.321 e. The van der Waals surface area contributed by atoms with Gasteiger partial charge in [-0.05, 0) is 36.8 Å². The van der Waals surface area contributed by atoms with Crippen LogP contribution in [-0.4, -0.2) is 15.7 Å². The van der Waals surface area contributed by atoms with Crippen LogP contribution in [0, 0.1) is 0 Å². The summed E-state index contributed by atoms with van der Waals surface area (Å²) in [6.45, 7) is 9.23. The molecule has 1 amide bonds. The first-order chi connectivity index (χ1) is 11.3. The Labute approximate surface area is 149 Å². The molecule has 1 aromatic heterocycles. The number of halogens is 1. The first-order valence-corrected chi connectivity index (χ1v) is 8.84. The van der Waals surface area contributed by atoms with E-state index in [0.717, 1.165) is 37.2 Å². The van der Waals surface area contributed by atoms with Crippen LogP contribution in [0.5, 0.6) is 0 Å². The lowest BCUT2D eigenvalue weighted by atomic mass is 9.92. The third-order valence-corrected chi connectivity index (χ3v) is 4.11. The topological polar surface area (TPSA) is 46.9 Å². The van der Waals surface area contributed by atoms with E-state index in [-0.39, 0.29) is 11.3 Å². The van der Waals surface area contributed by atoms with Gasteiger partial charge < -0.3 is 5.32 Å². The van der Waals surface area contributed by atoms with Crippen molar-refractivity contribution in [2.45, 2.75) is 58.9 Å². The fraction of sp³-hybridized carbons (Fsp3) is 0.474. The van der Waals surface area contributed by atoms with E-state index in [0.29, 0.717) is 10.7 Å². The molecule has 0 saturated heterocycles. The Morgan fingerprint density at radius 2 is 1.88 bits per heavy atom. The summed E-state index contributed by atoms with van der Waals surface area (Å²) in [6.07, 6.45) is 3.28. The molecule has 0 spiro atoms. The highest BCUT2D eigenvalue weighted by Gasteiger charge is 2.22. The quantitative estimate of drug-likeness (QED) is 0.723. The van der Waals surface area contributed by atoms with E-state index in [1.807, 2.05) is 10.7 Å². The molecule has 1 heterocycles. The first-order valence-electron chi connectivity index (χ1n) is 8.46. The zero-order valence-corrected chi connectivity index (χ0v) is 15.7. The average molecular weight is 348 g/mol. The summed E-state index contributed by atoms with van der Waals surface area (Å²) in [5.41, 5.74) is 2.17. The summed E-state index contributed by atoms with van der Waals surface area (Å²) in [5.74, 6) is -0.142. The maximum Gasteiger partial charge on any atom is 0.273 e. The monoisotopic (exact) mass is 347 g/mol. The zero-order chi connectivity index (χ0) is 17.7. The van der Waals surface area contributed by atoms with E-state index in [1.165, 1.54) is 0 Å². The number of carbonyl (C=O) groups is 1. The number of hydrogen-bond donors (Lipinski definition) is 1. The lowest BCUT2D eigenvalue weighted by Crippen LogP contribution is -2.18. The molecule has 0 fully saturated rings. The van der Waals surface area contributed by atoms with Gasteiger partial charge in [0.1, 0.15) is 5.69 Å². The van der Waals surface area contributed by atoms with E-state index >= 15 is 0 Å². The van der Waals surface area contributed by atoms with Crippen LogP contribution in [-0.2, 0) is 12.0 Å². The van der Waals surface area contributed by atoms with Gasteiger partial charge in [-0.25, -0.2) is 0 Å². The molecule has 24 heavy (non-hydrogen) atoms. The largest absolute Gasteiger partial charge is 0.321 e. The number of nitrogens with zero attached hydrogens (tertiary/aromatic N) is 2. The van der Waals surface area contributed by atoms with Gasteiger partial charge in [-0.1, -0.05) is 52.1 Å². The minimum absolute atomic E-state index is 0.0920. The van der Waals surface area contributed by atoms with E-state index < -0.39 is 0 Å². The summed E-state index contributed by atoms with van der Waals surface area (Å²) >= 11 is 5.89. The van der Waals surface area contributed by atoms with E-state index in [4.69, 9.17) is 11.6 Å². The summed E-state index contributed by atoms with van der Waals surface area (Å²) in [7, 11) is 0. The smallest absolute Gasteiger partial charge is 0.273 e. The van der Waals surface area contributed by atoms with Crippen molar-refractivity contribution in [3.8, 4) is 0 Å². The second-order valence-corrected chi connectivity index (χ2v) is 7.49. The van der Waals surface area contributed by atoms with Crippen molar-refractivity contribution in [2.75, 3.05) is 5.32 Å². The zero-order valence-electron chi connectivity index (χ0n) is 14.9. The Morgan fingerprint density at radius 3 is 2.46 bits per heavy atom. The molecule has 0 aliphatic rings. The molecule has 2 aromatic rings. The Kier molecular flexibility index (Phi) is 6.05. The van der Waals surface area contributed by atoms with Gasteiger partial charge in [0.2, 0.25) is 0 Å². The number of carbonyl (C=O) groups excluding carboxylic acids is 1. The predicted octanol–water partition coefficient (Wildman–Crippen LogP) is 5.28. The lowest BCUT2D eigenvalue weighted by Gasteiger charge is -2.14. The van der Waals surface area contributed by atoms with Crippen molar-refractivity contribution in [1.82, 2.24) is 9.78 Å². The number of aromatic nitrogens is 2. The molecule has 0 saturated carbocycles. The van der Waals surface area contributed by atoms with Crippen molar-refractivity contribution in [2.24, 2.45) is 0 Å². The summed E-state index contributed by atoms with van der Waals surface area (Å²) in [4.78, 5) is 12.7. The summed E-state index contributed by atoms with van der Waals surface area (Å²) in [5, 5.41) is 8.23. The molecule has 2 rings (SSSR count). The minimum atomic E-state index is -0.142. The van der Waals surface area contributed by atoms with Crippen LogP contribution in [0.15, 0.2) is 30.3 Å². The van der Waals surface area contributed by atoms with Gasteiger partial charge in [-0.3, -0.25) is 9.48 Å². The number of rotatable bonds is 6. The maximum atomic E-state index is 12.7. The SMILES string of the molecule is CCCCCn1nc(C(C)(C)C)cc1C(=O)Nc1ccc(Cl)cc1. The Morgan fingerprint density at radius 1 is 1.21 bits per heavy atom. The molecular weight excluding hydrogens is 322 g/mol. The van der Waals surface area contributed by atoms with Crippen LogP contribution in [0.1, 0.15) is 63.1 Å². The highest BCUT2D eigenvalue weighted by atomic mass is 35.5. The third-order valence-electron chi connectivity index (χ3n) is 3.86. The molecule has 1 aromatic carbocycles. The molecule has 0 aliphatic heterocycles. The second-order valence-electron chi connectivity index (χ2n) is 7.06. The van der Waals surface area contributed by atoms with Gasteiger partial charge >= 0.3 is 0 Å². The standard InChI is InChI=1S/C19H26ClN3O/c1-5-6-7-12-23-16(13-17(22-23)19(2,3)4)18(24)21-15-10-8-14(20)9-11-15/h8-11,13H,5-7,12H2,1-4H3,(H,21,24). The normalized spacial score (nSPS) is 11.5. The van der Waals surface area contributed by atoms with Gasteiger partial charge in [-0.2, -0.15) is 5.10 Å². The average Bonchev–Trinajstić information content (AvgIpc) is 2.94. The first kappa shape index (κ1) is 18.5. The van der Waals surface area contributed by atoms with Gasteiger partial charge in [0.25, 0.3) is 5.91 Å². The van der Waals surface area contributed by atoms with Gasteiger partial charge in [-0.15, -0.1) is 0 Å². The summed E-state index contributed by atoms with van der Waals surface area (Å²) in [6, 6.07) is 9.01. The number of benzene rings is 1. The molecule has 130 valence electrons. The van der Waals surface area contributed by atoms with Crippen LogP contribution >= 0.6 is 11.6 Å². The lowest BCUT2D eigenvalue weighted by molar-refractivity contribution is 0.101. The predicted molar refractivity (Wildman–Crippen MR) is 99.9 cm³/mol. The second kappa shape index (κ2) is 7.84. The van der Waals surface area contributed by atoms with Crippen molar-refractivity contribution < 1.29 is 4.79 Å². The molecule has 4 nitrogen and oxygen atoms in total. The molecule has 0 radical (unpaired) electrons. The van der Waals surface area contributed by atoms with Gasteiger partial charge in [0, 0.05) is 22.7 Å². The number of amides is 1. The maximum absolute atomic E-state index is 12.7. The molecule has 0 atom stereocenters. The van der Waals surface area contributed by atoms with E-state index in [9.17, 15) is 4.79 Å². The molecule has 5 heteroatoms. The van der Waals surface area contributed by atoms with Crippen molar-refractivity contribution >= 4 is 23.2 Å². The van der Waals surface area contributed by atoms with Gasteiger partial charge in [0.05, 0.1) is 5.69 Å². The summed E-state index contributed by atoms with van der Waals surface area (Å²) < 4.78 is 1.83. The molecule has 0 bridgehead atoms. The third kappa shape index (κ3) is 4.84. The Bertz CT molecular complexity index is 684. The number of aryl methyl sites for hydroxylation is 1. The number of anilines is 1. The van der Waals surface area contributed by atoms with Crippen molar-refractivity contribution in [3.63, 3.8) is 0 Å². The van der Waals surface area contributed by atoms with Crippen LogP contribution < -0.4 is 5.32 Å². The number of unbranched alkanes of at least 4 members (excludes halogenated alkanes) is 2.